The first-order chi connectivity index (χ1) is 9.00. The van der Waals surface area contributed by atoms with E-state index in [9.17, 15) is 9.59 Å². The quantitative estimate of drug-likeness (QED) is 0.895. The maximum absolute atomic E-state index is 12.3. The predicted octanol–water partition coefficient (Wildman–Crippen LogP) is 1.57. The number of aliphatic carboxylic acids is 1. The fourth-order valence-electron chi connectivity index (χ4n) is 1.94. The summed E-state index contributed by atoms with van der Waals surface area (Å²) in [6.07, 6.45) is 0. The van der Waals surface area contributed by atoms with E-state index in [2.05, 4.69) is 0 Å². The normalized spacial score (nSPS) is 19.3. The SMILES string of the molecule is Cc1ccc(C(=O)N2CCOC[C@H]2C(=O)O)cc1Cl. The van der Waals surface area contributed by atoms with Crippen molar-refractivity contribution >= 4 is 23.5 Å². The van der Waals surface area contributed by atoms with Crippen LogP contribution in [0.25, 0.3) is 0 Å². The maximum atomic E-state index is 12.3. The minimum atomic E-state index is -1.06. The average Bonchev–Trinajstić information content (AvgIpc) is 2.41. The third-order valence-electron chi connectivity index (χ3n) is 3.09. The minimum absolute atomic E-state index is 0.0146. The van der Waals surface area contributed by atoms with Crippen LogP contribution in [0.1, 0.15) is 15.9 Å². The van der Waals surface area contributed by atoms with Crippen molar-refractivity contribution in [3.63, 3.8) is 0 Å². The molecule has 19 heavy (non-hydrogen) atoms. The monoisotopic (exact) mass is 283 g/mol. The molecule has 1 fully saturated rings. The van der Waals surface area contributed by atoms with Gasteiger partial charge in [0.2, 0.25) is 0 Å². The number of aryl methyl sites for hydroxylation is 1. The highest BCUT2D eigenvalue weighted by atomic mass is 35.5. The summed E-state index contributed by atoms with van der Waals surface area (Å²) in [7, 11) is 0. The summed E-state index contributed by atoms with van der Waals surface area (Å²) in [5.41, 5.74) is 1.26. The van der Waals surface area contributed by atoms with E-state index in [1.165, 1.54) is 4.90 Å². The molecule has 5 nitrogen and oxygen atoms in total. The lowest BCUT2D eigenvalue weighted by atomic mass is 10.1. The van der Waals surface area contributed by atoms with Crippen LogP contribution in [0.15, 0.2) is 18.2 Å². The van der Waals surface area contributed by atoms with Crippen molar-refractivity contribution in [1.82, 2.24) is 4.90 Å². The summed E-state index contributed by atoms with van der Waals surface area (Å²) < 4.78 is 5.10. The van der Waals surface area contributed by atoms with Gasteiger partial charge in [-0.15, -0.1) is 0 Å². The van der Waals surface area contributed by atoms with Crippen LogP contribution in [-0.2, 0) is 9.53 Å². The first-order valence-corrected chi connectivity index (χ1v) is 6.26. The summed E-state index contributed by atoms with van der Waals surface area (Å²) in [6.45, 7) is 2.46. The lowest BCUT2D eigenvalue weighted by molar-refractivity contribution is -0.147. The van der Waals surface area contributed by atoms with E-state index in [1.54, 1.807) is 18.2 Å². The number of carbonyl (C=O) groups is 2. The zero-order valence-corrected chi connectivity index (χ0v) is 11.2. The van der Waals surface area contributed by atoms with Gasteiger partial charge in [-0.25, -0.2) is 4.79 Å². The van der Waals surface area contributed by atoms with Crippen molar-refractivity contribution in [1.29, 1.82) is 0 Å². The molecule has 0 spiro atoms. The van der Waals surface area contributed by atoms with Crippen LogP contribution in [-0.4, -0.2) is 47.7 Å². The van der Waals surface area contributed by atoms with Gasteiger partial charge in [-0.05, 0) is 24.6 Å². The molecule has 1 N–H and O–H groups in total. The molecule has 0 unspecified atom stereocenters. The van der Waals surface area contributed by atoms with E-state index in [0.29, 0.717) is 17.2 Å². The molecule has 0 saturated carbocycles. The number of rotatable bonds is 2. The molecule has 1 aromatic carbocycles. The summed E-state index contributed by atoms with van der Waals surface area (Å²) in [5, 5.41) is 9.59. The van der Waals surface area contributed by atoms with Crippen LogP contribution in [0.2, 0.25) is 5.02 Å². The Hall–Kier alpha value is -1.59. The van der Waals surface area contributed by atoms with Crippen molar-refractivity contribution in [2.45, 2.75) is 13.0 Å². The molecular weight excluding hydrogens is 270 g/mol. The molecule has 6 heteroatoms. The van der Waals surface area contributed by atoms with Gasteiger partial charge in [0.1, 0.15) is 0 Å². The van der Waals surface area contributed by atoms with Gasteiger partial charge in [0.25, 0.3) is 5.91 Å². The summed E-state index contributed by atoms with van der Waals surface area (Å²) in [6, 6.07) is 4.01. The van der Waals surface area contributed by atoms with Crippen molar-refractivity contribution in [2.75, 3.05) is 19.8 Å². The van der Waals surface area contributed by atoms with Crippen LogP contribution in [0, 0.1) is 6.92 Å². The second-order valence-electron chi connectivity index (χ2n) is 4.39. The van der Waals surface area contributed by atoms with Gasteiger partial charge in [0.05, 0.1) is 13.2 Å². The Labute approximate surface area is 115 Å². The number of hydrogen-bond acceptors (Lipinski definition) is 3. The molecular formula is C13H14ClNO4. The maximum Gasteiger partial charge on any atom is 0.328 e. The lowest BCUT2D eigenvalue weighted by Gasteiger charge is -2.32. The molecule has 0 aliphatic carbocycles. The third kappa shape index (κ3) is 2.88. The summed E-state index contributed by atoms with van der Waals surface area (Å²) >= 11 is 5.98. The fraction of sp³-hybridized carbons (Fsp3) is 0.385. The van der Waals surface area contributed by atoms with E-state index >= 15 is 0 Å². The molecule has 0 aromatic heterocycles. The van der Waals surface area contributed by atoms with Gasteiger partial charge in [0.15, 0.2) is 6.04 Å². The van der Waals surface area contributed by atoms with Gasteiger partial charge in [-0.2, -0.15) is 0 Å². The molecule has 1 heterocycles. The number of carboxylic acids is 1. The zero-order valence-electron chi connectivity index (χ0n) is 10.4. The number of carbonyl (C=O) groups excluding carboxylic acids is 1. The van der Waals surface area contributed by atoms with Gasteiger partial charge in [-0.3, -0.25) is 4.79 Å². The largest absolute Gasteiger partial charge is 0.480 e. The summed E-state index contributed by atoms with van der Waals surface area (Å²) in [5.74, 6) is -1.40. The smallest absolute Gasteiger partial charge is 0.328 e. The Morgan fingerprint density at radius 3 is 2.84 bits per heavy atom. The fourth-order valence-corrected chi connectivity index (χ4v) is 2.12. The van der Waals surface area contributed by atoms with Crippen molar-refractivity contribution in [3.05, 3.63) is 34.3 Å². The Morgan fingerprint density at radius 2 is 2.21 bits per heavy atom. The number of carboxylic acid groups (broad SMARTS) is 1. The first-order valence-electron chi connectivity index (χ1n) is 5.88. The number of benzene rings is 1. The zero-order chi connectivity index (χ0) is 14.0. The van der Waals surface area contributed by atoms with Gasteiger partial charge in [-0.1, -0.05) is 17.7 Å². The average molecular weight is 284 g/mol. The van der Waals surface area contributed by atoms with Gasteiger partial charge >= 0.3 is 5.97 Å². The second kappa shape index (κ2) is 5.59. The third-order valence-corrected chi connectivity index (χ3v) is 3.50. The molecule has 1 aliphatic heterocycles. The standard InChI is InChI=1S/C13H14ClNO4/c1-8-2-3-9(6-10(8)14)12(16)15-4-5-19-7-11(15)13(17)18/h2-3,6,11H,4-5,7H2,1H3,(H,17,18)/t11-/m0/s1. The molecule has 102 valence electrons. The van der Waals surface area contributed by atoms with E-state index in [1.807, 2.05) is 6.92 Å². The first kappa shape index (κ1) is 13.8. The summed E-state index contributed by atoms with van der Waals surface area (Å²) in [4.78, 5) is 24.8. The molecule has 1 amide bonds. The number of amides is 1. The highest BCUT2D eigenvalue weighted by Crippen LogP contribution is 2.19. The van der Waals surface area contributed by atoms with Crippen LogP contribution < -0.4 is 0 Å². The van der Waals surface area contributed by atoms with Crippen molar-refractivity contribution in [3.8, 4) is 0 Å². The lowest BCUT2D eigenvalue weighted by Crippen LogP contribution is -2.52. The van der Waals surface area contributed by atoms with Gasteiger partial charge in [0, 0.05) is 17.1 Å². The molecule has 0 radical (unpaired) electrons. The number of morpholine rings is 1. The predicted molar refractivity (Wildman–Crippen MR) is 69.5 cm³/mol. The Balaban J connectivity index is 2.26. The topological polar surface area (TPSA) is 66.8 Å². The molecule has 1 saturated heterocycles. The molecule has 2 rings (SSSR count). The molecule has 1 atom stereocenters. The van der Waals surface area contributed by atoms with E-state index in [4.69, 9.17) is 21.4 Å². The van der Waals surface area contributed by atoms with Crippen LogP contribution in [0.3, 0.4) is 0 Å². The number of halogens is 1. The molecule has 1 aromatic rings. The highest BCUT2D eigenvalue weighted by molar-refractivity contribution is 6.31. The Morgan fingerprint density at radius 1 is 1.47 bits per heavy atom. The van der Waals surface area contributed by atoms with Crippen molar-refractivity contribution in [2.24, 2.45) is 0 Å². The Bertz CT molecular complexity index is 517. The van der Waals surface area contributed by atoms with E-state index < -0.39 is 12.0 Å². The van der Waals surface area contributed by atoms with Gasteiger partial charge < -0.3 is 14.7 Å². The van der Waals surface area contributed by atoms with Crippen molar-refractivity contribution < 1.29 is 19.4 Å². The second-order valence-corrected chi connectivity index (χ2v) is 4.80. The van der Waals surface area contributed by atoms with E-state index in [0.717, 1.165) is 5.56 Å². The number of nitrogens with zero attached hydrogens (tertiary/aromatic N) is 1. The molecule has 0 bridgehead atoms. The minimum Gasteiger partial charge on any atom is -0.480 e. The number of ether oxygens (including phenoxy) is 1. The number of hydrogen-bond donors (Lipinski definition) is 1. The van der Waals surface area contributed by atoms with E-state index in [-0.39, 0.29) is 19.1 Å². The highest BCUT2D eigenvalue weighted by Gasteiger charge is 2.33. The van der Waals surface area contributed by atoms with Crippen LogP contribution in [0.5, 0.6) is 0 Å². The van der Waals surface area contributed by atoms with Crippen LogP contribution in [0.4, 0.5) is 0 Å². The molecule has 1 aliphatic rings. The Kier molecular flexibility index (Phi) is 4.07. The van der Waals surface area contributed by atoms with Crippen LogP contribution >= 0.6 is 11.6 Å².